The predicted octanol–water partition coefficient (Wildman–Crippen LogP) is 4.41. The molecule has 0 aliphatic heterocycles. The second-order valence-electron chi connectivity index (χ2n) is 6.98. The first kappa shape index (κ1) is 22.7. The van der Waals surface area contributed by atoms with E-state index in [4.69, 9.17) is 16.3 Å². The first-order valence-corrected chi connectivity index (χ1v) is 11.3. The summed E-state index contributed by atoms with van der Waals surface area (Å²) in [5, 5.41) is 2.96. The van der Waals surface area contributed by atoms with Crippen LogP contribution in [0.25, 0.3) is 0 Å². The zero-order valence-electron chi connectivity index (χ0n) is 17.4. The van der Waals surface area contributed by atoms with Gasteiger partial charge in [-0.3, -0.25) is 9.10 Å². The maximum absolute atomic E-state index is 13.1. The Morgan fingerprint density at radius 1 is 1.03 bits per heavy atom. The highest BCUT2D eigenvalue weighted by Crippen LogP contribution is 2.27. The molecule has 0 heterocycles. The molecule has 162 valence electrons. The molecule has 3 rings (SSSR count). The van der Waals surface area contributed by atoms with Crippen LogP contribution in [0.1, 0.15) is 21.5 Å². The molecule has 0 fully saturated rings. The molecule has 31 heavy (non-hydrogen) atoms. The Balaban J connectivity index is 1.82. The number of hydrogen-bond donors (Lipinski definition) is 1. The van der Waals surface area contributed by atoms with Crippen LogP contribution in [0.2, 0.25) is 5.02 Å². The Morgan fingerprint density at radius 2 is 1.68 bits per heavy atom. The summed E-state index contributed by atoms with van der Waals surface area (Å²) in [6.07, 6.45) is 0. The predicted molar refractivity (Wildman–Crippen MR) is 122 cm³/mol. The molecule has 8 heteroatoms. The maximum Gasteiger partial charge on any atom is 0.264 e. The SMILES string of the molecule is COc1ccc(N(C)S(=O)(=O)c2ccc(Cl)c(C(=O)NCc3ccc(C)cc3)c2)cc1. The van der Waals surface area contributed by atoms with Crippen LogP contribution in [0.15, 0.2) is 71.6 Å². The van der Waals surface area contributed by atoms with Crippen molar-refractivity contribution in [3.8, 4) is 5.75 Å². The van der Waals surface area contributed by atoms with Crippen molar-refractivity contribution in [3.05, 3.63) is 88.4 Å². The van der Waals surface area contributed by atoms with E-state index in [-0.39, 0.29) is 15.5 Å². The number of carbonyl (C=O) groups is 1. The van der Waals surface area contributed by atoms with Gasteiger partial charge >= 0.3 is 0 Å². The minimum Gasteiger partial charge on any atom is -0.497 e. The van der Waals surface area contributed by atoms with E-state index in [1.165, 1.54) is 32.4 Å². The average Bonchev–Trinajstić information content (AvgIpc) is 2.78. The van der Waals surface area contributed by atoms with Gasteiger partial charge < -0.3 is 10.1 Å². The minimum atomic E-state index is -3.90. The average molecular weight is 459 g/mol. The van der Waals surface area contributed by atoms with E-state index in [0.29, 0.717) is 18.0 Å². The highest BCUT2D eigenvalue weighted by atomic mass is 35.5. The van der Waals surface area contributed by atoms with E-state index in [0.717, 1.165) is 15.4 Å². The summed E-state index contributed by atoms with van der Waals surface area (Å²) < 4.78 is 32.5. The van der Waals surface area contributed by atoms with Gasteiger partial charge in [0.25, 0.3) is 15.9 Å². The first-order valence-electron chi connectivity index (χ1n) is 9.48. The second-order valence-corrected chi connectivity index (χ2v) is 9.36. The van der Waals surface area contributed by atoms with Crippen molar-refractivity contribution in [3.63, 3.8) is 0 Å². The van der Waals surface area contributed by atoms with Gasteiger partial charge in [0.1, 0.15) is 5.75 Å². The zero-order valence-corrected chi connectivity index (χ0v) is 19.0. The Kier molecular flexibility index (Phi) is 6.87. The summed E-state index contributed by atoms with van der Waals surface area (Å²) in [7, 11) is -0.919. The summed E-state index contributed by atoms with van der Waals surface area (Å²) in [6, 6.07) is 18.5. The maximum atomic E-state index is 13.1. The van der Waals surface area contributed by atoms with Gasteiger partial charge in [-0.15, -0.1) is 0 Å². The number of nitrogens with one attached hydrogen (secondary N) is 1. The summed E-state index contributed by atoms with van der Waals surface area (Å²) >= 11 is 6.19. The number of amides is 1. The van der Waals surface area contributed by atoms with Crippen molar-refractivity contribution >= 4 is 33.2 Å². The molecule has 1 N–H and O–H groups in total. The molecule has 1 amide bonds. The summed E-state index contributed by atoms with van der Waals surface area (Å²) in [5.74, 6) is 0.170. The number of nitrogens with zero attached hydrogens (tertiary/aromatic N) is 1. The van der Waals surface area contributed by atoms with Crippen molar-refractivity contribution in [2.75, 3.05) is 18.5 Å². The first-order chi connectivity index (χ1) is 14.7. The fourth-order valence-electron chi connectivity index (χ4n) is 2.91. The number of rotatable bonds is 7. The van der Waals surface area contributed by atoms with E-state index >= 15 is 0 Å². The molecular weight excluding hydrogens is 436 g/mol. The minimum absolute atomic E-state index is 0.0318. The molecule has 0 saturated heterocycles. The van der Waals surface area contributed by atoms with Crippen LogP contribution in [0, 0.1) is 6.92 Å². The fraction of sp³-hybridized carbons (Fsp3) is 0.174. The van der Waals surface area contributed by atoms with Crippen molar-refractivity contribution < 1.29 is 17.9 Å². The normalized spacial score (nSPS) is 11.1. The van der Waals surface area contributed by atoms with Gasteiger partial charge in [-0.2, -0.15) is 0 Å². The molecule has 0 aromatic heterocycles. The molecule has 6 nitrogen and oxygen atoms in total. The van der Waals surface area contributed by atoms with E-state index in [9.17, 15) is 13.2 Å². The number of carbonyl (C=O) groups excluding carboxylic acids is 1. The third-order valence-corrected chi connectivity index (χ3v) is 6.96. The van der Waals surface area contributed by atoms with Crippen LogP contribution in [-0.2, 0) is 16.6 Å². The second kappa shape index (κ2) is 9.41. The van der Waals surface area contributed by atoms with E-state index in [1.54, 1.807) is 24.3 Å². The van der Waals surface area contributed by atoms with Gasteiger partial charge in [-0.05, 0) is 55.0 Å². The standard InChI is InChI=1S/C23H23ClN2O4S/c1-16-4-6-17(7-5-16)15-25-23(27)21-14-20(12-13-22(21)24)31(28,29)26(2)18-8-10-19(30-3)11-9-18/h4-14H,15H2,1-3H3,(H,25,27). The third kappa shape index (κ3) is 5.18. The van der Waals surface area contributed by atoms with Crippen molar-refractivity contribution in [1.82, 2.24) is 5.32 Å². The molecule has 0 atom stereocenters. The Bertz CT molecular complexity index is 1180. The van der Waals surface area contributed by atoms with E-state index < -0.39 is 15.9 Å². The number of halogens is 1. The lowest BCUT2D eigenvalue weighted by Crippen LogP contribution is -2.27. The largest absolute Gasteiger partial charge is 0.497 e. The lowest BCUT2D eigenvalue weighted by Gasteiger charge is -2.20. The lowest BCUT2D eigenvalue weighted by atomic mass is 10.1. The van der Waals surface area contributed by atoms with Gasteiger partial charge in [0.05, 0.1) is 28.3 Å². The number of anilines is 1. The van der Waals surface area contributed by atoms with Crippen LogP contribution in [0.3, 0.4) is 0 Å². The van der Waals surface area contributed by atoms with Crippen LogP contribution in [-0.4, -0.2) is 28.5 Å². The Labute approximate surface area is 187 Å². The van der Waals surface area contributed by atoms with Crippen LogP contribution < -0.4 is 14.4 Å². The molecule has 0 saturated carbocycles. The molecule has 0 bridgehead atoms. The molecule has 0 aliphatic rings. The van der Waals surface area contributed by atoms with Crippen molar-refractivity contribution in [1.29, 1.82) is 0 Å². The number of ether oxygens (including phenoxy) is 1. The van der Waals surface area contributed by atoms with Gasteiger partial charge in [-0.25, -0.2) is 8.42 Å². The Hall–Kier alpha value is -3.03. The topological polar surface area (TPSA) is 75.7 Å². The van der Waals surface area contributed by atoms with Gasteiger partial charge in [0, 0.05) is 13.6 Å². The quantitative estimate of drug-likeness (QED) is 0.569. The number of aryl methyl sites for hydroxylation is 1. The van der Waals surface area contributed by atoms with Crippen LogP contribution in [0.5, 0.6) is 5.75 Å². The van der Waals surface area contributed by atoms with Crippen molar-refractivity contribution in [2.45, 2.75) is 18.4 Å². The lowest BCUT2D eigenvalue weighted by molar-refractivity contribution is 0.0951. The molecule has 0 unspecified atom stereocenters. The number of hydrogen-bond acceptors (Lipinski definition) is 4. The Morgan fingerprint density at radius 3 is 2.29 bits per heavy atom. The molecule has 0 spiro atoms. The smallest absolute Gasteiger partial charge is 0.264 e. The number of sulfonamides is 1. The molecular formula is C23H23ClN2O4S. The molecule has 3 aromatic rings. The monoisotopic (exact) mass is 458 g/mol. The third-order valence-electron chi connectivity index (χ3n) is 4.85. The van der Waals surface area contributed by atoms with Crippen LogP contribution in [0.4, 0.5) is 5.69 Å². The molecule has 3 aromatic carbocycles. The summed E-state index contributed by atoms with van der Waals surface area (Å²) in [6.45, 7) is 2.29. The fourth-order valence-corrected chi connectivity index (χ4v) is 4.34. The van der Waals surface area contributed by atoms with Gasteiger partial charge in [0.2, 0.25) is 0 Å². The van der Waals surface area contributed by atoms with Crippen LogP contribution >= 0.6 is 11.6 Å². The molecule has 0 radical (unpaired) electrons. The van der Waals surface area contributed by atoms with Gasteiger partial charge in [0.15, 0.2) is 0 Å². The molecule has 0 aliphatic carbocycles. The number of methoxy groups -OCH3 is 1. The highest BCUT2D eigenvalue weighted by molar-refractivity contribution is 7.92. The van der Waals surface area contributed by atoms with Crippen molar-refractivity contribution in [2.24, 2.45) is 0 Å². The number of benzene rings is 3. The summed E-state index contributed by atoms with van der Waals surface area (Å²) in [4.78, 5) is 12.6. The zero-order chi connectivity index (χ0) is 22.6. The highest BCUT2D eigenvalue weighted by Gasteiger charge is 2.24. The van der Waals surface area contributed by atoms with Gasteiger partial charge in [-0.1, -0.05) is 41.4 Å². The van der Waals surface area contributed by atoms with E-state index in [1.807, 2.05) is 31.2 Å². The van der Waals surface area contributed by atoms with E-state index in [2.05, 4.69) is 5.32 Å². The summed E-state index contributed by atoms with van der Waals surface area (Å²) in [5.41, 5.74) is 2.61.